The molecule has 1 heterocycles. The molecule has 1 amide bonds. The maximum atomic E-state index is 12.8. The van der Waals surface area contributed by atoms with Gasteiger partial charge >= 0.3 is 0 Å². The SMILES string of the molecule is C=CCc1cc(C(=O)Nc2cnn(-c3ccccc3Cl)c2)cc(OC)c1OC. The van der Waals surface area contributed by atoms with Crippen LogP contribution >= 0.6 is 11.6 Å². The summed E-state index contributed by atoms with van der Waals surface area (Å²) in [5, 5.41) is 7.67. The van der Waals surface area contributed by atoms with Crippen molar-refractivity contribution >= 4 is 23.2 Å². The summed E-state index contributed by atoms with van der Waals surface area (Å²) < 4.78 is 12.4. The van der Waals surface area contributed by atoms with Crippen LogP contribution < -0.4 is 14.8 Å². The normalized spacial score (nSPS) is 10.4. The van der Waals surface area contributed by atoms with Gasteiger partial charge in [-0.1, -0.05) is 29.8 Å². The third kappa shape index (κ3) is 4.02. The van der Waals surface area contributed by atoms with Crippen molar-refractivity contribution in [3.8, 4) is 17.2 Å². The Morgan fingerprint density at radius 3 is 2.75 bits per heavy atom. The molecular formula is C21H20ClN3O3. The lowest BCUT2D eigenvalue weighted by Gasteiger charge is -2.14. The monoisotopic (exact) mass is 397 g/mol. The molecule has 144 valence electrons. The lowest BCUT2D eigenvalue weighted by molar-refractivity contribution is 0.102. The predicted octanol–water partition coefficient (Wildman–Crippen LogP) is 4.52. The van der Waals surface area contributed by atoms with E-state index < -0.39 is 0 Å². The van der Waals surface area contributed by atoms with Gasteiger partial charge in [-0.05, 0) is 30.7 Å². The second kappa shape index (κ2) is 8.63. The van der Waals surface area contributed by atoms with Crippen molar-refractivity contribution in [3.05, 3.63) is 77.6 Å². The fourth-order valence-corrected chi connectivity index (χ4v) is 3.06. The third-order valence-electron chi connectivity index (χ3n) is 4.12. The van der Waals surface area contributed by atoms with E-state index >= 15 is 0 Å². The maximum absolute atomic E-state index is 12.8. The Hall–Kier alpha value is -3.25. The van der Waals surface area contributed by atoms with Crippen LogP contribution in [0.25, 0.3) is 5.69 Å². The van der Waals surface area contributed by atoms with Crippen molar-refractivity contribution in [2.45, 2.75) is 6.42 Å². The highest BCUT2D eigenvalue weighted by atomic mass is 35.5. The van der Waals surface area contributed by atoms with Crippen LogP contribution in [0.2, 0.25) is 5.02 Å². The zero-order chi connectivity index (χ0) is 20.1. The lowest BCUT2D eigenvalue weighted by Crippen LogP contribution is -2.12. The first-order valence-corrected chi connectivity index (χ1v) is 8.92. The van der Waals surface area contributed by atoms with Crippen LogP contribution in [0.1, 0.15) is 15.9 Å². The summed E-state index contributed by atoms with van der Waals surface area (Å²) in [6.45, 7) is 3.75. The number of hydrogen-bond donors (Lipinski definition) is 1. The summed E-state index contributed by atoms with van der Waals surface area (Å²) in [5.74, 6) is 0.786. The van der Waals surface area contributed by atoms with E-state index in [0.717, 1.165) is 11.3 Å². The topological polar surface area (TPSA) is 65.4 Å². The van der Waals surface area contributed by atoms with E-state index in [2.05, 4.69) is 17.0 Å². The number of para-hydroxylation sites is 1. The Kier molecular flexibility index (Phi) is 6.01. The number of ether oxygens (including phenoxy) is 2. The van der Waals surface area contributed by atoms with E-state index in [4.69, 9.17) is 21.1 Å². The van der Waals surface area contributed by atoms with E-state index in [1.807, 2.05) is 18.2 Å². The molecule has 0 atom stereocenters. The molecule has 3 rings (SSSR count). The number of carbonyl (C=O) groups excluding carboxylic acids is 1. The molecule has 0 radical (unpaired) electrons. The molecule has 7 heteroatoms. The molecule has 0 aliphatic carbocycles. The van der Waals surface area contributed by atoms with Gasteiger partial charge < -0.3 is 14.8 Å². The number of aromatic nitrogens is 2. The zero-order valence-electron chi connectivity index (χ0n) is 15.6. The van der Waals surface area contributed by atoms with Crippen molar-refractivity contribution in [2.75, 3.05) is 19.5 Å². The Balaban J connectivity index is 1.86. The van der Waals surface area contributed by atoms with Gasteiger partial charge in [0, 0.05) is 11.1 Å². The van der Waals surface area contributed by atoms with E-state index in [0.29, 0.717) is 34.2 Å². The molecule has 0 saturated heterocycles. The van der Waals surface area contributed by atoms with Crippen LogP contribution in [0.3, 0.4) is 0 Å². The smallest absolute Gasteiger partial charge is 0.255 e. The standard InChI is InChI=1S/C21H20ClN3O3/c1-4-7-14-10-15(11-19(27-2)20(14)28-3)21(26)24-16-12-23-25(13-16)18-9-6-5-8-17(18)22/h4-6,8-13H,1,7H2,2-3H3,(H,24,26). The second-order valence-corrected chi connectivity index (χ2v) is 6.35. The molecule has 6 nitrogen and oxygen atoms in total. The molecule has 0 aliphatic heterocycles. The van der Waals surface area contributed by atoms with Gasteiger partial charge in [0.2, 0.25) is 0 Å². The molecule has 0 unspecified atom stereocenters. The first kappa shape index (κ1) is 19.5. The summed E-state index contributed by atoms with van der Waals surface area (Å²) >= 11 is 6.20. The largest absolute Gasteiger partial charge is 0.493 e. The Morgan fingerprint density at radius 1 is 1.29 bits per heavy atom. The molecule has 3 aromatic rings. The molecule has 0 fully saturated rings. The number of nitrogens with zero attached hydrogens (tertiary/aromatic N) is 2. The molecule has 0 aliphatic rings. The predicted molar refractivity (Wildman–Crippen MR) is 110 cm³/mol. The minimum absolute atomic E-state index is 0.287. The van der Waals surface area contributed by atoms with E-state index in [1.54, 1.807) is 48.5 Å². The molecule has 0 saturated carbocycles. The minimum atomic E-state index is -0.287. The first-order chi connectivity index (χ1) is 13.6. The van der Waals surface area contributed by atoms with Crippen molar-refractivity contribution < 1.29 is 14.3 Å². The molecule has 2 aromatic carbocycles. The minimum Gasteiger partial charge on any atom is -0.493 e. The van der Waals surface area contributed by atoms with Gasteiger partial charge in [0.1, 0.15) is 0 Å². The highest BCUT2D eigenvalue weighted by Crippen LogP contribution is 2.33. The average molecular weight is 398 g/mol. The number of rotatable bonds is 7. The van der Waals surface area contributed by atoms with Gasteiger partial charge in [0.05, 0.1) is 43.0 Å². The van der Waals surface area contributed by atoms with Crippen LogP contribution in [-0.2, 0) is 6.42 Å². The number of anilines is 1. The van der Waals surface area contributed by atoms with Gasteiger partial charge in [-0.15, -0.1) is 6.58 Å². The molecule has 0 bridgehead atoms. The molecule has 28 heavy (non-hydrogen) atoms. The van der Waals surface area contributed by atoms with Crippen molar-refractivity contribution in [2.24, 2.45) is 0 Å². The Bertz CT molecular complexity index is 1010. The van der Waals surface area contributed by atoms with E-state index in [-0.39, 0.29) is 5.91 Å². The van der Waals surface area contributed by atoms with Crippen LogP contribution in [0.15, 0.2) is 61.4 Å². The van der Waals surface area contributed by atoms with Gasteiger partial charge in [-0.2, -0.15) is 5.10 Å². The molecule has 1 aromatic heterocycles. The summed E-state index contributed by atoms with van der Waals surface area (Å²) in [4.78, 5) is 12.8. The number of halogens is 1. The van der Waals surface area contributed by atoms with Gasteiger partial charge in [-0.3, -0.25) is 4.79 Å². The summed E-state index contributed by atoms with van der Waals surface area (Å²) in [5.41, 5.74) is 2.53. The van der Waals surface area contributed by atoms with Crippen LogP contribution in [0.4, 0.5) is 5.69 Å². The fraction of sp³-hybridized carbons (Fsp3) is 0.143. The molecule has 0 spiro atoms. The molecular weight excluding hydrogens is 378 g/mol. The van der Waals surface area contributed by atoms with Gasteiger partial charge in [0.25, 0.3) is 5.91 Å². The number of hydrogen-bond acceptors (Lipinski definition) is 4. The van der Waals surface area contributed by atoms with Crippen molar-refractivity contribution in [3.63, 3.8) is 0 Å². The van der Waals surface area contributed by atoms with Crippen molar-refractivity contribution in [1.29, 1.82) is 0 Å². The fourth-order valence-electron chi connectivity index (χ4n) is 2.84. The number of methoxy groups -OCH3 is 2. The highest BCUT2D eigenvalue weighted by Gasteiger charge is 2.16. The second-order valence-electron chi connectivity index (χ2n) is 5.94. The maximum Gasteiger partial charge on any atom is 0.255 e. The summed E-state index contributed by atoms with van der Waals surface area (Å²) in [6.07, 6.45) is 5.55. The zero-order valence-corrected chi connectivity index (χ0v) is 16.4. The number of allylic oxidation sites excluding steroid dienone is 1. The number of amides is 1. The van der Waals surface area contributed by atoms with Crippen LogP contribution in [0, 0.1) is 0 Å². The van der Waals surface area contributed by atoms with Crippen LogP contribution in [-0.4, -0.2) is 29.9 Å². The highest BCUT2D eigenvalue weighted by molar-refractivity contribution is 6.32. The molecule has 1 N–H and O–H groups in total. The number of benzene rings is 2. The first-order valence-electron chi connectivity index (χ1n) is 8.54. The average Bonchev–Trinajstić information content (AvgIpc) is 3.16. The van der Waals surface area contributed by atoms with Crippen molar-refractivity contribution in [1.82, 2.24) is 9.78 Å². The van der Waals surface area contributed by atoms with E-state index in [9.17, 15) is 4.79 Å². The van der Waals surface area contributed by atoms with Crippen LogP contribution in [0.5, 0.6) is 11.5 Å². The quantitative estimate of drug-likeness (QED) is 0.595. The Labute approximate surface area is 168 Å². The van der Waals surface area contributed by atoms with Gasteiger partial charge in [0.15, 0.2) is 11.5 Å². The summed E-state index contributed by atoms with van der Waals surface area (Å²) in [6, 6.07) is 10.7. The Morgan fingerprint density at radius 2 is 2.07 bits per heavy atom. The third-order valence-corrected chi connectivity index (χ3v) is 4.44. The number of nitrogens with one attached hydrogen (secondary N) is 1. The lowest BCUT2D eigenvalue weighted by atomic mass is 10.0. The van der Waals surface area contributed by atoms with Gasteiger partial charge in [-0.25, -0.2) is 4.68 Å². The number of carbonyl (C=O) groups is 1. The summed E-state index contributed by atoms with van der Waals surface area (Å²) in [7, 11) is 3.10. The van der Waals surface area contributed by atoms with E-state index in [1.165, 1.54) is 7.11 Å².